The Morgan fingerprint density at radius 3 is 2.67 bits per heavy atom. The Labute approximate surface area is 107 Å². The summed E-state index contributed by atoms with van der Waals surface area (Å²) in [4.78, 5) is 2.18. The predicted octanol–water partition coefficient (Wildman–Crippen LogP) is 1.37. The van der Waals surface area contributed by atoms with Crippen molar-refractivity contribution in [2.75, 3.05) is 26.8 Å². The Bertz CT molecular complexity index is 450. The third-order valence-corrected chi connectivity index (χ3v) is 3.98. The summed E-state index contributed by atoms with van der Waals surface area (Å²) < 4.78 is 11.1. The average Bonchev–Trinajstić information content (AvgIpc) is 2.64. The summed E-state index contributed by atoms with van der Waals surface area (Å²) in [7, 11) is 2.04. The smallest absolute Gasteiger partial charge is 0.161 e. The van der Waals surface area contributed by atoms with Gasteiger partial charge >= 0.3 is 0 Å². The van der Waals surface area contributed by atoms with Crippen LogP contribution in [-0.4, -0.2) is 42.9 Å². The van der Waals surface area contributed by atoms with Crippen LogP contribution in [0.5, 0.6) is 11.5 Å². The van der Waals surface area contributed by atoms with Crippen molar-refractivity contribution in [2.24, 2.45) is 0 Å². The molecule has 2 aliphatic rings. The van der Waals surface area contributed by atoms with E-state index in [1.165, 1.54) is 0 Å². The van der Waals surface area contributed by atoms with Gasteiger partial charge in [0.2, 0.25) is 0 Å². The number of rotatable bonds is 1. The van der Waals surface area contributed by atoms with Gasteiger partial charge < -0.3 is 19.5 Å². The molecule has 2 atom stereocenters. The summed E-state index contributed by atoms with van der Waals surface area (Å²) in [5.74, 6) is 1.52. The second-order valence-electron chi connectivity index (χ2n) is 5.36. The number of β-amino-alcohol motifs (C(OH)–C–C–N with tert-alkyl or cyclic N) is 1. The van der Waals surface area contributed by atoms with Gasteiger partial charge in [0, 0.05) is 12.6 Å². The van der Waals surface area contributed by atoms with Crippen molar-refractivity contribution in [3.63, 3.8) is 0 Å². The van der Waals surface area contributed by atoms with Crippen molar-refractivity contribution in [2.45, 2.75) is 25.0 Å². The van der Waals surface area contributed by atoms with Gasteiger partial charge in [-0.2, -0.15) is 0 Å². The van der Waals surface area contributed by atoms with Gasteiger partial charge in [0.25, 0.3) is 0 Å². The van der Waals surface area contributed by atoms with E-state index in [1.54, 1.807) is 0 Å². The lowest BCUT2D eigenvalue weighted by atomic mass is 9.91. The largest absolute Gasteiger partial charge is 0.486 e. The van der Waals surface area contributed by atoms with Gasteiger partial charge in [-0.3, -0.25) is 0 Å². The fourth-order valence-corrected chi connectivity index (χ4v) is 2.82. The molecule has 1 N–H and O–H groups in total. The van der Waals surface area contributed by atoms with Crippen molar-refractivity contribution in [3.05, 3.63) is 23.8 Å². The first kappa shape index (κ1) is 11.8. The highest BCUT2D eigenvalue weighted by Crippen LogP contribution is 2.39. The molecule has 0 amide bonds. The van der Waals surface area contributed by atoms with E-state index in [9.17, 15) is 5.11 Å². The molecule has 1 saturated heterocycles. The Hall–Kier alpha value is -1.26. The van der Waals surface area contributed by atoms with Crippen LogP contribution in [0.1, 0.15) is 18.9 Å². The standard InChI is InChI=1S/C14H19NO3/c1-10-8-14(16,9-15(10)2)11-3-4-12-13(7-11)18-6-5-17-12/h3-4,7,10,16H,5-6,8-9H2,1-2H3. The molecule has 2 unspecified atom stereocenters. The van der Waals surface area contributed by atoms with Gasteiger partial charge in [-0.25, -0.2) is 0 Å². The first-order chi connectivity index (χ1) is 8.58. The van der Waals surface area contributed by atoms with Gasteiger partial charge in [-0.05, 0) is 38.1 Å². The molecule has 98 valence electrons. The highest BCUT2D eigenvalue weighted by molar-refractivity contribution is 5.45. The highest BCUT2D eigenvalue weighted by Gasteiger charge is 2.40. The molecule has 1 fully saturated rings. The van der Waals surface area contributed by atoms with E-state index in [1.807, 2.05) is 25.2 Å². The van der Waals surface area contributed by atoms with E-state index in [2.05, 4.69) is 11.8 Å². The molecule has 2 aliphatic heterocycles. The lowest BCUT2D eigenvalue weighted by Crippen LogP contribution is -2.29. The van der Waals surface area contributed by atoms with E-state index in [4.69, 9.17) is 9.47 Å². The first-order valence-corrected chi connectivity index (χ1v) is 6.41. The normalized spacial score (nSPS) is 31.6. The number of likely N-dealkylation sites (N-methyl/N-ethyl adjacent to an activating group) is 1. The fourth-order valence-electron chi connectivity index (χ4n) is 2.82. The molecule has 3 rings (SSSR count). The molecule has 4 nitrogen and oxygen atoms in total. The van der Waals surface area contributed by atoms with Gasteiger partial charge in [-0.15, -0.1) is 0 Å². The number of fused-ring (bicyclic) bond motifs is 1. The molecule has 0 spiro atoms. The zero-order valence-electron chi connectivity index (χ0n) is 10.8. The molecule has 4 heteroatoms. The number of nitrogens with zero attached hydrogens (tertiary/aromatic N) is 1. The van der Waals surface area contributed by atoms with Crippen LogP contribution in [0, 0.1) is 0 Å². The monoisotopic (exact) mass is 249 g/mol. The molecule has 1 aromatic carbocycles. The van der Waals surface area contributed by atoms with Crippen LogP contribution < -0.4 is 9.47 Å². The van der Waals surface area contributed by atoms with Gasteiger partial charge in [0.15, 0.2) is 11.5 Å². The summed E-state index contributed by atoms with van der Waals surface area (Å²) in [6.45, 7) is 3.96. The summed E-state index contributed by atoms with van der Waals surface area (Å²) in [6.07, 6.45) is 0.753. The minimum Gasteiger partial charge on any atom is -0.486 e. The van der Waals surface area contributed by atoms with Crippen LogP contribution in [-0.2, 0) is 5.60 Å². The van der Waals surface area contributed by atoms with E-state index < -0.39 is 5.60 Å². The summed E-state index contributed by atoms with van der Waals surface area (Å²) >= 11 is 0. The maximum Gasteiger partial charge on any atom is 0.161 e. The van der Waals surface area contributed by atoms with Gasteiger partial charge in [0.05, 0.1) is 0 Å². The van der Waals surface area contributed by atoms with E-state index in [-0.39, 0.29) is 0 Å². The van der Waals surface area contributed by atoms with Crippen LogP contribution >= 0.6 is 0 Å². The zero-order valence-corrected chi connectivity index (χ0v) is 10.8. The Morgan fingerprint density at radius 1 is 1.28 bits per heavy atom. The molecule has 1 aromatic rings. The molecule has 0 radical (unpaired) electrons. The topological polar surface area (TPSA) is 41.9 Å². The van der Waals surface area contributed by atoms with Crippen molar-refractivity contribution < 1.29 is 14.6 Å². The van der Waals surface area contributed by atoms with E-state index in [0.717, 1.165) is 23.5 Å². The molecule has 0 bridgehead atoms. The average molecular weight is 249 g/mol. The molecule has 0 aliphatic carbocycles. The van der Waals surface area contributed by atoms with Crippen LogP contribution in [0.3, 0.4) is 0 Å². The molecule has 0 aromatic heterocycles. The maximum absolute atomic E-state index is 10.8. The maximum atomic E-state index is 10.8. The summed E-state index contributed by atoms with van der Waals surface area (Å²) in [5.41, 5.74) is 0.146. The van der Waals surface area contributed by atoms with Crippen molar-refractivity contribution in [1.29, 1.82) is 0 Å². The number of ether oxygens (including phenoxy) is 2. The van der Waals surface area contributed by atoms with Crippen LogP contribution in [0.25, 0.3) is 0 Å². The number of hydrogen-bond donors (Lipinski definition) is 1. The summed E-state index contributed by atoms with van der Waals surface area (Å²) in [5, 5.41) is 10.8. The van der Waals surface area contributed by atoms with Crippen LogP contribution in [0.2, 0.25) is 0 Å². The third-order valence-electron chi connectivity index (χ3n) is 3.98. The molecule has 0 saturated carbocycles. The summed E-state index contributed by atoms with van der Waals surface area (Å²) in [6, 6.07) is 6.15. The number of likely N-dealkylation sites (tertiary alicyclic amines) is 1. The van der Waals surface area contributed by atoms with Crippen molar-refractivity contribution >= 4 is 0 Å². The van der Waals surface area contributed by atoms with Gasteiger partial charge in [0.1, 0.15) is 18.8 Å². The van der Waals surface area contributed by atoms with Crippen molar-refractivity contribution in [1.82, 2.24) is 4.90 Å². The quantitative estimate of drug-likeness (QED) is 0.816. The SMILES string of the molecule is CC1CC(O)(c2ccc3c(c2)OCCO3)CN1C. The minimum absolute atomic E-state index is 0.392. The Balaban J connectivity index is 1.93. The van der Waals surface area contributed by atoms with Crippen molar-refractivity contribution in [3.8, 4) is 11.5 Å². The zero-order chi connectivity index (χ0) is 12.8. The van der Waals surface area contributed by atoms with Gasteiger partial charge in [-0.1, -0.05) is 6.07 Å². The highest BCUT2D eigenvalue weighted by atomic mass is 16.6. The molecule has 2 heterocycles. The van der Waals surface area contributed by atoms with E-state index in [0.29, 0.717) is 25.8 Å². The number of hydrogen-bond acceptors (Lipinski definition) is 4. The third kappa shape index (κ3) is 1.85. The van der Waals surface area contributed by atoms with Crippen LogP contribution in [0.4, 0.5) is 0 Å². The second-order valence-corrected chi connectivity index (χ2v) is 5.36. The van der Waals surface area contributed by atoms with Crippen LogP contribution in [0.15, 0.2) is 18.2 Å². The molecular weight excluding hydrogens is 230 g/mol. The fraction of sp³-hybridized carbons (Fsp3) is 0.571. The lowest BCUT2D eigenvalue weighted by Gasteiger charge is -2.25. The number of benzene rings is 1. The lowest BCUT2D eigenvalue weighted by molar-refractivity contribution is 0.0479. The Kier molecular flexibility index (Phi) is 2.72. The number of aliphatic hydroxyl groups is 1. The van der Waals surface area contributed by atoms with E-state index >= 15 is 0 Å². The minimum atomic E-state index is -0.774. The Morgan fingerprint density at radius 2 is 2.00 bits per heavy atom. The second kappa shape index (κ2) is 4.14. The molecule has 18 heavy (non-hydrogen) atoms. The predicted molar refractivity (Wildman–Crippen MR) is 68.0 cm³/mol. The molecular formula is C14H19NO3. The first-order valence-electron chi connectivity index (χ1n) is 6.41.